The summed E-state index contributed by atoms with van der Waals surface area (Å²) in [5, 5.41) is 8.38. The van der Waals surface area contributed by atoms with Gasteiger partial charge in [-0.1, -0.05) is 31.4 Å². The molecule has 100 valence electrons. The summed E-state index contributed by atoms with van der Waals surface area (Å²) < 4.78 is 2.00. The average Bonchev–Trinajstić information content (AvgIpc) is 2.94. The largest absolute Gasteiger partial charge is 0.369 e. The quantitative estimate of drug-likeness (QED) is 0.836. The van der Waals surface area contributed by atoms with Crippen LogP contribution in [-0.4, -0.2) is 20.9 Å². The van der Waals surface area contributed by atoms with E-state index >= 15 is 0 Å². The predicted molar refractivity (Wildman–Crippen MR) is 69.0 cm³/mol. The van der Waals surface area contributed by atoms with Gasteiger partial charge in [0.1, 0.15) is 0 Å². The van der Waals surface area contributed by atoms with E-state index in [1.165, 1.54) is 31.4 Å². The van der Waals surface area contributed by atoms with Crippen LogP contribution in [0.5, 0.6) is 0 Å². The van der Waals surface area contributed by atoms with Crippen molar-refractivity contribution in [1.29, 1.82) is 0 Å². The summed E-state index contributed by atoms with van der Waals surface area (Å²) in [5.74, 6) is 0.197. The molecule has 1 fully saturated rings. The molecule has 0 bridgehead atoms. The predicted octanol–water partition coefficient (Wildman–Crippen LogP) is 1.76. The smallest absolute Gasteiger partial charge is 0.223 e. The van der Waals surface area contributed by atoms with Gasteiger partial charge in [-0.25, -0.2) is 4.68 Å². The highest BCUT2D eigenvalue weighted by Gasteiger charge is 2.25. The highest BCUT2D eigenvalue weighted by atomic mass is 16.1. The first-order valence-electron chi connectivity index (χ1n) is 6.93. The van der Waals surface area contributed by atoms with Gasteiger partial charge in [-0.2, -0.15) is 0 Å². The molecule has 0 spiro atoms. The molecule has 0 atom stereocenters. The Hall–Kier alpha value is -1.39. The van der Waals surface area contributed by atoms with Gasteiger partial charge < -0.3 is 5.73 Å². The fraction of sp³-hybridized carbons (Fsp3) is 0.769. The summed E-state index contributed by atoms with van der Waals surface area (Å²) in [6.07, 6.45) is 7.35. The topological polar surface area (TPSA) is 73.8 Å². The number of amides is 1. The van der Waals surface area contributed by atoms with Crippen molar-refractivity contribution in [3.63, 3.8) is 0 Å². The van der Waals surface area contributed by atoms with E-state index in [-0.39, 0.29) is 12.3 Å². The Morgan fingerprint density at radius 1 is 1.44 bits per heavy atom. The van der Waals surface area contributed by atoms with Gasteiger partial charge in [-0.05, 0) is 19.3 Å². The normalized spacial score (nSPS) is 16.3. The van der Waals surface area contributed by atoms with Gasteiger partial charge in [0, 0.05) is 12.5 Å². The zero-order chi connectivity index (χ0) is 13.0. The van der Waals surface area contributed by atoms with Crippen LogP contribution in [-0.2, 0) is 17.8 Å². The fourth-order valence-corrected chi connectivity index (χ4v) is 2.77. The van der Waals surface area contributed by atoms with E-state index in [0.717, 1.165) is 25.1 Å². The minimum atomic E-state index is -0.322. The Morgan fingerprint density at radius 2 is 2.17 bits per heavy atom. The van der Waals surface area contributed by atoms with Gasteiger partial charge in [0.2, 0.25) is 5.91 Å². The number of hydrogen-bond acceptors (Lipinski definition) is 3. The van der Waals surface area contributed by atoms with Crippen molar-refractivity contribution >= 4 is 5.91 Å². The molecule has 1 aliphatic rings. The van der Waals surface area contributed by atoms with Crippen LogP contribution in [0, 0.1) is 0 Å². The maximum absolute atomic E-state index is 11.1. The summed E-state index contributed by atoms with van der Waals surface area (Å²) >= 11 is 0. The molecule has 5 nitrogen and oxygen atoms in total. The molecule has 1 heterocycles. The molecule has 18 heavy (non-hydrogen) atoms. The first-order valence-corrected chi connectivity index (χ1v) is 6.93. The van der Waals surface area contributed by atoms with Gasteiger partial charge in [0.15, 0.2) is 0 Å². The van der Waals surface area contributed by atoms with Crippen LogP contribution < -0.4 is 5.73 Å². The van der Waals surface area contributed by atoms with Gasteiger partial charge in [0.25, 0.3) is 0 Å². The molecule has 1 saturated carbocycles. The average molecular weight is 250 g/mol. The first kappa shape index (κ1) is 13.1. The minimum absolute atomic E-state index is 0.220. The Labute approximate surface area is 108 Å². The number of nitrogens with zero attached hydrogens (tertiary/aromatic N) is 3. The molecule has 0 saturated heterocycles. The number of aromatic nitrogens is 3. The van der Waals surface area contributed by atoms with E-state index in [9.17, 15) is 4.79 Å². The van der Waals surface area contributed by atoms with Crippen molar-refractivity contribution in [3.8, 4) is 0 Å². The molecule has 0 unspecified atom stereocenters. The summed E-state index contributed by atoms with van der Waals surface area (Å²) in [5.41, 5.74) is 7.25. The van der Waals surface area contributed by atoms with E-state index in [2.05, 4.69) is 17.2 Å². The SMILES string of the molecule is CCCCn1nnc(CC(N)=O)c1C1CCCC1. The Kier molecular flexibility index (Phi) is 4.33. The van der Waals surface area contributed by atoms with Crippen LogP contribution in [0.1, 0.15) is 62.8 Å². The number of unbranched alkanes of at least 4 members (excludes halogenated alkanes) is 1. The molecule has 1 aliphatic carbocycles. The maximum Gasteiger partial charge on any atom is 0.223 e. The minimum Gasteiger partial charge on any atom is -0.369 e. The molecule has 0 aromatic carbocycles. The van der Waals surface area contributed by atoms with Crippen molar-refractivity contribution in [2.75, 3.05) is 0 Å². The standard InChI is InChI=1S/C13H22N4O/c1-2-3-8-17-13(10-6-4-5-7-10)11(15-16-17)9-12(14)18/h10H,2-9H2,1H3,(H2,14,18). The van der Waals surface area contributed by atoms with Crippen LogP contribution >= 0.6 is 0 Å². The van der Waals surface area contributed by atoms with Crippen LogP contribution in [0.15, 0.2) is 0 Å². The number of rotatable bonds is 6. The van der Waals surface area contributed by atoms with Crippen LogP contribution in [0.25, 0.3) is 0 Å². The number of carbonyl (C=O) groups excluding carboxylic acids is 1. The highest BCUT2D eigenvalue weighted by molar-refractivity contribution is 5.76. The molecule has 1 aromatic rings. The number of hydrogen-bond donors (Lipinski definition) is 1. The van der Waals surface area contributed by atoms with E-state index < -0.39 is 0 Å². The lowest BCUT2D eigenvalue weighted by molar-refractivity contribution is -0.117. The van der Waals surface area contributed by atoms with Crippen molar-refractivity contribution < 1.29 is 4.79 Å². The first-order chi connectivity index (χ1) is 8.72. The van der Waals surface area contributed by atoms with Crippen LogP contribution in [0.4, 0.5) is 0 Å². The van der Waals surface area contributed by atoms with Gasteiger partial charge in [-0.3, -0.25) is 4.79 Å². The Bertz CT molecular complexity index is 407. The molecular weight excluding hydrogens is 228 g/mol. The Morgan fingerprint density at radius 3 is 2.78 bits per heavy atom. The summed E-state index contributed by atoms with van der Waals surface area (Å²) in [7, 11) is 0. The molecule has 1 aromatic heterocycles. The lowest BCUT2D eigenvalue weighted by atomic mass is 10.0. The van der Waals surface area contributed by atoms with Gasteiger partial charge >= 0.3 is 0 Å². The van der Waals surface area contributed by atoms with Crippen molar-refractivity contribution in [2.24, 2.45) is 5.73 Å². The summed E-state index contributed by atoms with van der Waals surface area (Å²) in [4.78, 5) is 11.1. The van der Waals surface area contributed by atoms with Crippen molar-refractivity contribution in [2.45, 2.75) is 64.3 Å². The van der Waals surface area contributed by atoms with E-state index in [1.807, 2.05) is 4.68 Å². The van der Waals surface area contributed by atoms with E-state index in [0.29, 0.717) is 5.92 Å². The number of nitrogens with two attached hydrogens (primary N) is 1. The third-order valence-electron chi connectivity index (χ3n) is 3.65. The van der Waals surface area contributed by atoms with E-state index in [1.54, 1.807) is 0 Å². The third-order valence-corrected chi connectivity index (χ3v) is 3.65. The summed E-state index contributed by atoms with van der Waals surface area (Å²) in [6.45, 7) is 3.06. The Balaban J connectivity index is 2.23. The van der Waals surface area contributed by atoms with Gasteiger partial charge in [-0.15, -0.1) is 5.10 Å². The third kappa shape index (κ3) is 2.89. The number of carbonyl (C=O) groups is 1. The summed E-state index contributed by atoms with van der Waals surface area (Å²) in [6, 6.07) is 0. The zero-order valence-corrected chi connectivity index (χ0v) is 11.1. The molecule has 0 aliphatic heterocycles. The second-order valence-corrected chi connectivity index (χ2v) is 5.12. The number of primary amides is 1. The molecule has 0 radical (unpaired) electrons. The fourth-order valence-electron chi connectivity index (χ4n) is 2.77. The van der Waals surface area contributed by atoms with Gasteiger partial charge in [0.05, 0.1) is 17.8 Å². The molecule has 1 amide bonds. The maximum atomic E-state index is 11.1. The van der Waals surface area contributed by atoms with Crippen molar-refractivity contribution in [1.82, 2.24) is 15.0 Å². The van der Waals surface area contributed by atoms with Crippen LogP contribution in [0.3, 0.4) is 0 Å². The second-order valence-electron chi connectivity index (χ2n) is 5.12. The highest BCUT2D eigenvalue weighted by Crippen LogP contribution is 2.35. The molecule has 2 N–H and O–H groups in total. The van der Waals surface area contributed by atoms with Crippen LogP contribution in [0.2, 0.25) is 0 Å². The second kappa shape index (κ2) is 5.98. The zero-order valence-electron chi connectivity index (χ0n) is 11.1. The van der Waals surface area contributed by atoms with E-state index in [4.69, 9.17) is 5.73 Å². The van der Waals surface area contributed by atoms with Crippen molar-refractivity contribution in [3.05, 3.63) is 11.4 Å². The molecule has 2 rings (SSSR count). The molecule has 5 heteroatoms. The lowest BCUT2D eigenvalue weighted by Gasteiger charge is -2.13. The lowest BCUT2D eigenvalue weighted by Crippen LogP contribution is -2.16. The monoisotopic (exact) mass is 250 g/mol. The molecular formula is C13H22N4O. The number of aryl methyl sites for hydroxylation is 1.